The molecular weight excluding hydrogens is 252 g/mol. The average Bonchev–Trinajstić information content (AvgIpc) is 2.51. The van der Waals surface area contributed by atoms with Crippen LogP contribution in [0.4, 0.5) is 0 Å². The van der Waals surface area contributed by atoms with Crippen LogP contribution in [0.3, 0.4) is 0 Å². The number of aliphatic hydroxyl groups excluding tert-OH is 1. The molecule has 2 aromatic rings. The van der Waals surface area contributed by atoms with Crippen molar-refractivity contribution in [2.45, 2.75) is 26.3 Å². The van der Waals surface area contributed by atoms with Gasteiger partial charge in [-0.05, 0) is 24.1 Å². The Morgan fingerprint density at radius 2 is 2.20 bits per heavy atom. The van der Waals surface area contributed by atoms with Crippen LogP contribution < -0.4 is 5.32 Å². The number of fused-ring (bicyclic) bond motifs is 1. The van der Waals surface area contributed by atoms with Gasteiger partial charge in [-0.15, -0.1) is 0 Å². The number of carbonyl (C=O) groups excluding carboxylic acids is 1. The molecular formula is C16H20N2O2. The van der Waals surface area contributed by atoms with Crippen LogP contribution >= 0.6 is 0 Å². The summed E-state index contributed by atoms with van der Waals surface area (Å²) in [5.41, 5.74) is 1.36. The Kier molecular flexibility index (Phi) is 4.69. The maximum Gasteiger partial charge on any atom is 0.251 e. The lowest BCUT2D eigenvalue weighted by Crippen LogP contribution is -2.41. The third-order valence-electron chi connectivity index (χ3n) is 3.71. The maximum absolute atomic E-state index is 12.2. The molecule has 4 nitrogen and oxygen atoms in total. The van der Waals surface area contributed by atoms with Gasteiger partial charge in [-0.1, -0.05) is 32.4 Å². The normalized spacial score (nSPS) is 13.9. The van der Waals surface area contributed by atoms with E-state index < -0.39 is 0 Å². The Hall–Kier alpha value is -1.94. The largest absolute Gasteiger partial charge is 0.394 e. The van der Waals surface area contributed by atoms with Crippen molar-refractivity contribution < 1.29 is 9.90 Å². The lowest BCUT2D eigenvalue weighted by Gasteiger charge is -2.22. The highest BCUT2D eigenvalue weighted by molar-refractivity contribution is 5.97. The summed E-state index contributed by atoms with van der Waals surface area (Å²) in [4.78, 5) is 16.5. The first-order chi connectivity index (χ1) is 9.65. The number of benzene rings is 1. The number of nitrogens with one attached hydrogen (secondary N) is 1. The predicted octanol–water partition coefficient (Wildman–Crippen LogP) is 2.37. The zero-order valence-electron chi connectivity index (χ0n) is 11.8. The second-order valence-corrected chi connectivity index (χ2v) is 5.06. The van der Waals surface area contributed by atoms with E-state index in [1.54, 1.807) is 18.3 Å². The van der Waals surface area contributed by atoms with Gasteiger partial charge in [0.15, 0.2) is 0 Å². The summed E-state index contributed by atoms with van der Waals surface area (Å²) >= 11 is 0. The molecule has 0 saturated carbocycles. The Labute approximate surface area is 118 Å². The van der Waals surface area contributed by atoms with Crippen LogP contribution in [0.1, 0.15) is 30.6 Å². The van der Waals surface area contributed by atoms with E-state index in [2.05, 4.69) is 10.3 Å². The Bertz CT molecular complexity index is 598. The molecule has 1 amide bonds. The lowest BCUT2D eigenvalue weighted by atomic mass is 9.99. The summed E-state index contributed by atoms with van der Waals surface area (Å²) < 4.78 is 0. The van der Waals surface area contributed by atoms with Crippen molar-refractivity contribution in [3.8, 4) is 0 Å². The number of aromatic nitrogens is 1. The van der Waals surface area contributed by atoms with Crippen LogP contribution in [0, 0.1) is 5.92 Å². The molecule has 2 N–H and O–H groups in total. The molecule has 1 aromatic carbocycles. The van der Waals surface area contributed by atoms with Crippen molar-refractivity contribution in [2.75, 3.05) is 6.61 Å². The number of aliphatic hydroxyl groups is 1. The second kappa shape index (κ2) is 6.48. The molecule has 20 heavy (non-hydrogen) atoms. The van der Waals surface area contributed by atoms with Gasteiger partial charge in [0.05, 0.1) is 18.2 Å². The number of pyridine rings is 1. The van der Waals surface area contributed by atoms with Crippen molar-refractivity contribution >= 4 is 16.8 Å². The molecule has 1 heterocycles. The highest BCUT2D eigenvalue weighted by Crippen LogP contribution is 2.14. The van der Waals surface area contributed by atoms with Crippen molar-refractivity contribution in [3.63, 3.8) is 0 Å². The third kappa shape index (κ3) is 3.14. The maximum atomic E-state index is 12.2. The fourth-order valence-electron chi connectivity index (χ4n) is 2.11. The Morgan fingerprint density at radius 3 is 2.90 bits per heavy atom. The van der Waals surface area contributed by atoms with E-state index in [0.717, 1.165) is 17.3 Å². The van der Waals surface area contributed by atoms with Gasteiger partial charge in [0, 0.05) is 17.1 Å². The number of hydrogen-bond donors (Lipinski definition) is 2. The number of carbonyl (C=O) groups is 1. The minimum atomic E-state index is -0.216. The average molecular weight is 272 g/mol. The molecule has 0 spiro atoms. The molecule has 1 aromatic heterocycles. The topological polar surface area (TPSA) is 62.2 Å². The molecule has 4 heteroatoms. The monoisotopic (exact) mass is 272 g/mol. The first kappa shape index (κ1) is 14.5. The van der Waals surface area contributed by atoms with Crippen LogP contribution in [0.15, 0.2) is 36.5 Å². The molecule has 106 valence electrons. The van der Waals surface area contributed by atoms with Crippen LogP contribution in [0.2, 0.25) is 0 Å². The number of amides is 1. The lowest BCUT2D eigenvalue weighted by molar-refractivity contribution is 0.0891. The summed E-state index contributed by atoms with van der Waals surface area (Å²) in [6, 6.07) is 9.05. The molecule has 0 aliphatic carbocycles. The smallest absolute Gasteiger partial charge is 0.251 e. The van der Waals surface area contributed by atoms with Crippen molar-refractivity contribution in [3.05, 3.63) is 42.1 Å². The summed E-state index contributed by atoms with van der Waals surface area (Å²) in [6.45, 7) is 4.01. The minimum Gasteiger partial charge on any atom is -0.394 e. The van der Waals surface area contributed by atoms with Gasteiger partial charge in [0.1, 0.15) is 0 Å². The fourth-order valence-corrected chi connectivity index (χ4v) is 2.11. The van der Waals surface area contributed by atoms with Gasteiger partial charge in [-0.25, -0.2) is 0 Å². The third-order valence-corrected chi connectivity index (χ3v) is 3.71. The quantitative estimate of drug-likeness (QED) is 0.878. The van der Waals surface area contributed by atoms with E-state index in [4.69, 9.17) is 0 Å². The first-order valence-corrected chi connectivity index (χ1v) is 6.92. The summed E-state index contributed by atoms with van der Waals surface area (Å²) in [7, 11) is 0. The van der Waals surface area contributed by atoms with E-state index in [1.165, 1.54) is 0 Å². The molecule has 0 bridgehead atoms. The van der Waals surface area contributed by atoms with Crippen LogP contribution in [-0.4, -0.2) is 28.6 Å². The summed E-state index contributed by atoms with van der Waals surface area (Å²) in [5.74, 6) is 0.0689. The van der Waals surface area contributed by atoms with E-state index in [-0.39, 0.29) is 24.5 Å². The zero-order valence-corrected chi connectivity index (χ0v) is 11.8. The molecule has 2 atom stereocenters. The summed E-state index contributed by atoms with van der Waals surface area (Å²) in [5, 5.41) is 13.3. The van der Waals surface area contributed by atoms with Gasteiger partial charge in [0.25, 0.3) is 5.91 Å². The molecule has 2 rings (SSSR count). The first-order valence-electron chi connectivity index (χ1n) is 6.92. The molecule has 0 radical (unpaired) electrons. The van der Waals surface area contributed by atoms with Crippen molar-refractivity contribution in [2.24, 2.45) is 5.92 Å². The van der Waals surface area contributed by atoms with Crippen LogP contribution in [0.25, 0.3) is 10.9 Å². The Morgan fingerprint density at radius 1 is 1.40 bits per heavy atom. The summed E-state index contributed by atoms with van der Waals surface area (Å²) in [6.07, 6.45) is 2.62. The molecule has 0 aliphatic rings. The highest BCUT2D eigenvalue weighted by atomic mass is 16.3. The van der Waals surface area contributed by atoms with Gasteiger partial charge in [-0.2, -0.15) is 0 Å². The number of nitrogens with zero attached hydrogens (tertiary/aromatic N) is 1. The van der Waals surface area contributed by atoms with Crippen LogP contribution in [-0.2, 0) is 0 Å². The predicted molar refractivity (Wildman–Crippen MR) is 79.5 cm³/mol. The van der Waals surface area contributed by atoms with Gasteiger partial charge >= 0.3 is 0 Å². The fraction of sp³-hybridized carbons (Fsp3) is 0.375. The Balaban J connectivity index is 2.18. The van der Waals surface area contributed by atoms with Crippen LogP contribution in [0.5, 0.6) is 0 Å². The second-order valence-electron chi connectivity index (χ2n) is 5.06. The highest BCUT2D eigenvalue weighted by Gasteiger charge is 2.18. The van der Waals surface area contributed by atoms with Gasteiger partial charge in [-0.3, -0.25) is 9.78 Å². The van der Waals surface area contributed by atoms with E-state index >= 15 is 0 Å². The molecule has 0 aliphatic heterocycles. The molecule has 0 fully saturated rings. The van der Waals surface area contributed by atoms with Gasteiger partial charge < -0.3 is 10.4 Å². The standard InChI is InChI=1S/C16H20N2O2/c1-3-11(2)15(10-19)18-16(20)13-7-6-12-5-4-8-17-14(12)9-13/h4-9,11,15,19H,3,10H2,1-2H3,(H,18,20). The van der Waals surface area contributed by atoms with Crippen molar-refractivity contribution in [1.82, 2.24) is 10.3 Å². The van der Waals surface area contributed by atoms with E-state index in [1.807, 2.05) is 32.0 Å². The molecule has 0 saturated heterocycles. The number of hydrogen-bond acceptors (Lipinski definition) is 3. The zero-order chi connectivity index (χ0) is 14.5. The SMILES string of the molecule is CCC(C)C(CO)NC(=O)c1ccc2cccnc2c1. The van der Waals surface area contributed by atoms with E-state index in [9.17, 15) is 9.90 Å². The van der Waals surface area contributed by atoms with Crippen molar-refractivity contribution in [1.29, 1.82) is 0 Å². The van der Waals surface area contributed by atoms with E-state index in [0.29, 0.717) is 5.56 Å². The van der Waals surface area contributed by atoms with Gasteiger partial charge in [0.2, 0.25) is 0 Å². The number of rotatable bonds is 5. The molecule has 2 unspecified atom stereocenters. The minimum absolute atomic E-state index is 0.0490.